The van der Waals surface area contributed by atoms with E-state index in [9.17, 15) is 28.8 Å². The number of aryl methyl sites for hydroxylation is 1. The van der Waals surface area contributed by atoms with E-state index in [1.807, 2.05) is 266 Å². The lowest BCUT2D eigenvalue weighted by Gasteiger charge is -2.19. The number of nitrogens with zero attached hydrogens (tertiary/aromatic N) is 1. The highest BCUT2D eigenvalue weighted by Gasteiger charge is 2.27. The number of hydrogen-bond acceptors (Lipinski definition) is 6. The van der Waals surface area contributed by atoms with Crippen molar-refractivity contribution >= 4 is 67.8 Å². The third kappa shape index (κ3) is 13.0. The maximum Gasteiger partial charge on any atom is 0.293 e. The van der Waals surface area contributed by atoms with E-state index in [2.05, 4.69) is 25.9 Å². The maximum absolute atomic E-state index is 12.9. The molecule has 3 amide bonds. The van der Waals surface area contributed by atoms with Gasteiger partial charge in [-0.1, -0.05) is 237 Å². The summed E-state index contributed by atoms with van der Waals surface area (Å²) in [6.07, 6.45) is 4.90. The number of benzene rings is 9. The maximum atomic E-state index is 12.9. The summed E-state index contributed by atoms with van der Waals surface area (Å²) in [4.78, 5) is 82.7. The summed E-state index contributed by atoms with van der Waals surface area (Å²) in [6.45, 7) is 0.348. The van der Waals surface area contributed by atoms with Gasteiger partial charge in [-0.25, -0.2) is 0 Å². The minimum atomic E-state index is -0.627. The molecule has 0 aliphatic rings. The van der Waals surface area contributed by atoms with Gasteiger partial charge in [0.05, 0.1) is 28.8 Å². The molecular formula is C71H58N6O6. The number of para-hydroxylation sites is 3. The Morgan fingerprint density at radius 2 is 0.675 bits per heavy atom. The minimum absolute atomic E-state index is 0.0258. The largest absolute Gasteiger partial charge is 0.360 e. The van der Waals surface area contributed by atoms with Crippen LogP contribution in [0.1, 0.15) is 82.5 Å². The molecule has 0 unspecified atom stereocenters. The molecule has 0 aliphatic heterocycles. The van der Waals surface area contributed by atoms with Crippen molar-refractivity contribution in [2.24, 2.45) is 7.05 Å². The summed E-state index contributed by atoms with van der Waals surface area (Å²) in [5.41, 5.74) is 9.64. The van der Waals surface area contributed by atoms with Crippen molar-refractivity contribution in [1.29, 1.82) is 0 Å². The van der Waals surface area contributed by atoms with Crippen LogP contribution in [0.25, 0.3) is 32.7 Å². The quantitative estimate of drug-likeness (QED) is 0.0475. The average Bonchev–Trinajstić information content (AvgIpc) is 4.34. The van der Waals surface area contributed by atoms with Gasteiger partial charge in [0.15, 0.2) is 0 Å². The second-order valence-corrected chi connectivity index (χ2v) is 19.7. The molecule has 12 aromatic rings. The molecule has 12 nitrogen and oxygen atoms in total. The third-order valence-corrected chi connectivity index (χ3v) is 14.4. The first-order valence-electron chi connectivity index (χ1n) is 27.1. The lowest BCUT2D eigenvalue weighted by Crippen LogP contribution is -2.35. The Hall–Kier alpha value is -11.0. The van der Waals surface area contributed by atoms with E-state index in [4.69, 9.17) is 0 Å². The standard InChI is InChI=1S/2C24H20N2O2.C23H18N2O2/c1-26-16-20(19-14-8-9-15-21(19)26)23(27)24(28)25-22(17-10-4-2-5-11-17)18-12-6-3-7-13-18;27-23(21-16-25-22-14-8-7-13-19(21)22)24(28)26-15-20(17-9-3-1-4-10-17)18-11-5-2-6-12-18;26-22(19-15-24-20-14-8-7-13-18(19)20)23(27)25-21(16-9-3-1-4-10-16)17-11-5-2-6-12-17/h2-16,22H,1H3,(H,25,28);1-14,16,20,25H,15H2,(H,26,28);1-15,21,24H,(H,25,27). The summed E-state index contributed by atoms with van der Waals surface area (Å²) in [6, 6.07) is 80.2. The van der Waals surface area contributed by atoms with Crippen LogP contribution in [0.5, 0.6) is 0 Å². The molecule has 83 heavy (non-hydrogen) atoms. The zero-order valence-corrected chi connectivity index (χ0v) is 45.3. The summed E-state index contributed by atoms with van der Waals surface area (Å²) < 4.78 is 1.86. The predicted octanol–water partition coefficient (Wildman–Crippen LogP) is 12.8. The van der Waals surface area contributed by atoms with E-state index < -0.39 is 47.2 Å². The zero-order chi connectivity index (χ0) is 57.5. The summed E-state index contributed by atoms with van der Waals surface area (Å²) in [7, 11) is 1.87. The monoisotopic (exact) mass is 1090 g/mol. The summed E-state index contributed by atoms with van der Waals surface area (Å²) >= 11 is 0. The van der Waals surface area contributed by atoms with Gasteiger partial charge in [-0.2, -0.15) is 0 Å². The highest BCUT2D eigenvalue weighted by atomic mass is 16.2. The number of aromatic nitrogens is 3. The van der Waals surface area contributed by atoms with E-state index in [-0.39, 0.29) is 5.92 Å². The molecule has 3 heterocycles. The Morgan fingerprint density at radius 3 is 1.07 bits per heavy atom. The summed E-state index contributed by atoms with van der Waals surface area (Å²) in [5, 5.41) is 10.9. The zero-order valence-electron chi connectivity index (χ0n) is 45.3. The van der Waals surface area contributed by atoms with Crippen molar-refractivity contribution in [2.45, 2.75) is 18.0 Å². The van der Waals surface area contributed by atoms with Gasteiger partial charge < -0.3 is 30.5 Å². The molecule has 5 N–H and O–H groups in total. The van der Waals surface area contributed by atoms with E-state index >= 15 is 0 Å². The van der Waals surface area contributed by atoms with E-state index in [0.717, 1.165) is 66.1 Å². The van der Waals surface area contributed by atoms with Crippen LogP contribution in [-0.2, 0) is 21.4 Å². The number of ketones is 3. The molecule has 0 radical (unpaired) electrons. The highest BCUT2D eigenvalue weighted by molar-refractivity contribution is 6.46. The molecule has 3 aromatic heterocycles. The Morgan fingerprint density at radius 1 is 0.361 bits per heavy atom. The van der Waals surface area contributed by atoms with Crippen molar-refractivity contribution in [1.82, 2.24) is 30.5 Å². The van der Waals surface area contributed by atoms with Crippen molar-refractivity contribution in [2.75, 3.05) is 6.54 Å². The van der Waals surface area contributed by atoms with Crippen LogP contribution in [0.2, 0.25) is 0 Å². The number of hydrogen-bond donors (Lipinski definition) is 5. The predicted molar refractivity (Wildman–Crippen MR) is 326 cm³/mol. The number of H-pyrrole nitrogens is 2. The molecule has 0 spiro atoms. The fourth-order valence-corrected chi connectivity index (χ4v) is 10.2. The molecule has 0 aliphatic carbocycles. The Balaban J connectivity index is 0.000000139. The van der Waals surface area contributed by atoms with Crippen LogP contribution >= 0.6 is 0 Å². The minimum Gasteiger partial charge on any atom is -0.360 e. The van der Waals surface area contributed by atoms with Crippen LogP contribution in [0, 0.1) is 0 Å². The molecular weight excluding hydrogens is 1030 g/mol. The fourth-order valence-electron chi connectivity index (χ4n) is 10.2. The normalized spacial score (nSPS) is 10.9. The SMILES string of the molecule is Cn1cc(C(=O)C(=O)NC(c2ccccc2)c2ccccc2)c2ccccc21.O=C(NC(c1ccccc1)c1ccccc1)C(=O)c1c[nH]c2ccccc12.O=C(NCC(c1ccccc1)c1ccccc1)C(=O)c1c[nH]c2ccccc12. The van der Waals surface area contributed by atoms with E-state index in [1.54, 1.807) is 18.6 Å². The molecule has 12 rings (SSSR count). The summed E-state index contributed by atoms with van der Waals surface area (Å²) in [5.74, 6) is -3.48. The van der Waals surface area contributed by atoms with Gasteiger partial charge in [-0.05, 0) is 51.6 Å². The van der Waals surface area contributed by atoms with Crippen molar-refractivity contribution < 1.29 is 28.8 Å². The molecule has 12 heteroatoms. The van der Waals surface area contributed by atoms with Gasteiger partial charge in [0.1, 0.15) is 0 Å². The second kappa shape index (κ2) is 26.3. The number of Topliss-reactive ketones (excluding diaryl/α,β-unsaturated/α-hetero) is 3. The van der Waals surface area contributed by atoms with Crippen LogP contribution in [0.4, 0.5) is 0 Å². The van der Waals surface area contributed by atoms with Gasteiger partial charge in [0, 0.05) is 70.8 Å². The first-order chi connectivity index (χ1) is 40.6. The van der Waals surface area contributed by atoms with Gasteiger partial charge in [-0.3, -0.25) is 28.8 Å². The van der Waals surface area contributed by atoms with Crippen LogP contribution in [0.15, 0.2) is 273 Å². The smallest absolute Gasteiger partial charge is 0.293 e. The number of amides is 3. The first kappa shape index (κ1) is 55.3. The fraction of sp³-hybridized carbons (Fsp3) is 0.0704. The number of nitrogens with one attached hydrogen (secondary N) is 5. The number of fused-ring (bicyclic) bond motifs is 3. The van der Waals surface area contributed by atoms with Crippen LogP contribution in [-0.4, -0.2) is 56.2 Å². The lowest BCUT2D eigenvalue weighted by molar-refractivity contribution is -0.118. The van der Waals surface area contributed by atoms with Crippen molar-refractivity contribution in [3.63, 3.8) is 0 Å². The van der Waals surface area contributed by atoms with Gasteiger partial charge >= 0.3 is 0 Å². The van der Waals surface area contributed by atoms with E-state index in [1.165, 1.54) is 0 Å². The van der Waals surface area contributed by atoms with Crippen LogP contribution < -0.4 is 16.0 Å². The Kier molecular flexibility index (Phi) is 17.5. The topological polar surface area (TPSA) is 175 Å². The Labute approximate surface area is 479 Å². The third-order valence-electron chi connectivity index (χ3n) is 14.4. The molecule has 0 atom stereocenters. The Bertz CT molecular complexity index is 4060. The molecule has 0 saturated heterocycles. The van der Waals surface area contributed by atoms with E-state index in [0.29, 0.717) is 23.2 Å². The van der Waals surface area contributed by atoms with Crippen LogP contribution in [0.3, 0.4) is 0 Å². The molecule has 0 bridgehead atoms. The van der Waals surface area contributed by atoms with Crippen molar-refractivity contribution in [3.05, 3.63) is 323 Å². The molecule has 0 fully saturated rings. The average molecular weight is 1090 g/mol. The van der Waals surface area contributed by atoms with Gasteiger partial charge in [0.2, 0.25) is 0 Å². The molecule has 9 aromatic carbocycles. The number of carbonyl (C=O) groups excluding carboxylic acids is 6. The number of aromatic amines is 2. The highest BCUT2D eigenvalue weighted by Crippen LogP contribution is 2.28. The molecule has 408 valence electrons. The van der Waals surface area contributed by atoms with Gasteiger partial charge in [0.25, 0.3) is 35.1 Å². The number of carbonyl (C=O) groups is 6. The lowest BCUT2D eigenvalue weighted by atomic mass is 9.91. The van der Waals surface area contributed by atoms with Gasteiger partial charge in [-0.15, -0.1) is 0 Å². The van der Waals surface area contributed by atoms with Crippen molar-refractivity contribution in [3.8, 4) is 0 Å². The number of rotatable bonds is 16. The molecule has 0 saturated carbocycles. The first-order valence-corrected chi connectivity index (χ1v) is 27.1. The second-order valence-electron chi connectivity index (χ2n) is 19.7.